The lowest BCUT2D eigenvalue weighted by Crippen LogP contribution is -2.37. The number of nitrogens with one attached hydrogen (secondary N) is 2. The van der Waals surface area contributed by atoms with Gasteiger partial charge >= 0.3 is 6.09 Å². The maximum Gasteiger partial charge on any atom is 0.407 e. The summed E-state index contributed by atoms with van der Waals surface area (Å²) in [5.74, 6) is -0.299. The molecule has 0 bridgehead atoms. The lowest BCUT2D eigenvalue weighted by atomic mass is 10.0. The van der Waals surface area contributed by atoms with Gasteiger partial charge in [-0.25, -0.2) is 23.0 Å². The number of ether oxygens (including phenoxy) is 3. The summed E-state index contributed by atoms with van der Waals surface area (Å²) in [5.41, 5.74) is 0.589. The summed E-state index contributed by atoms with van der Waals surface area (Å²) in [7, 11) is -3.79. The second kappa shape index (κ2) is 14.2. The number of nitrogens with two attached hydrogens (primary N) is 1. The zero-order valence-electron chi connectivity index (χ0n) is 22.5. The average Bonchev–Trinajstić information content (AvgIpc) is 3.28. The summed E-state index contributed by atoms with van der Waals surface area (Å²) >= 11 is 0. The first kappa shape index (κ1) is 31.1. The summed E-state index contributed by atoms with van der Waals surface area (Å²) in [4.78, 5) is 24.4. The van der Waals surface area contributed by atoms with Gasteiger partial charge < -0.3 is 24.8 Å². The Hall–Kier alpha value is -3.07. The van der Waals surface area contributed by atoms with Gasteiger partial charge in [-0.15, -0.1) is 5.10 Å². The SMILES string of the molecule is CC(C)C(C(=O)NCCOCCOCCNC(=O)OC(C)(C)C)n1cc(-c2ccc(S(N)(=O)=O)cc2)nn1. The van der Waals surface area contributed by atoms with E-state index in [-0.39, 0.29) is 16.7 Å². The van der Waals surface area contributed by atoms with Crippen molar-refractivity contribution in [2.24, 2.45) is 11.1 Å². The van der Waals surface area contributed by atoms with Gasteiger partial charge in [-0.3, -0.25) is 4.79 Å². The van der Waals surface area contributed by atoms with Crippen molar-refractivity contribution in [1.29, 1.82) is 0 Å². The van der Waals surface area contributed by atoms with Crippen LogP contribution in [0.4, 0.5) is 4.79 Å². The Kier molecular flexibility index (Phi) is 11.6. The molecule has 0 aliphatic rings. The van der Waals surface area contributed by atoms with Crippen molar-refractivity contribution in [3.05, 3.63) is 30.5 Å². The molecule has 0 radical (unpaired) electrons. The van der Waals surface area contributed by atoms with Crippen LogP contribution < -0.4 is 15.8 Å². The minimum atomic E-state index is -3.79. The minimum absolute atomic E-state index is 0.00272. The van der Waals surface area contributed by atoms with E-state index in [2.05, 4.69) is 20.9 Å². The molecule has 0 saturated carbocycles. The van der Waals surface area contributed by atoms with Crippen LogP contribution in [0.2, 0.25) is 0 Å². The van der Waals surface area contributed by atoms with E-state index in [0.717, 1.165) is 0 Å². The Morgan fingerprint density at radius 1 is 1.00 bits per heavy atom. The van der Waals surface area contributed by atoms with Crippen molar-refractivity contribution >= 4 is 22.0 Å². The predicted octanol–water partition coefficient (Wildman–Crippen LogP) is 1.46. The molecule has 2 rings (SSSR count). The Balaban J connectivity index is 1.71. The molecule has 1 atom stereocenters. The number of hydrogen-bond acceptors (Lipinski definition) is 9. The van der Waals surface area contributed by atoms with E-state index >= 15 is 0 Å². The first-order valence-corrected chi connectivity index (χ1v) is 13.8. The molecular weight excluding hydrogens is 516 g/mol. The molecule has 1 aromatic carbocycles. The smallest absolute Gasteiger partial charge is 0.407 e. The lowest BCUT2D eigenvalue weighted by molar-refractivity contribution is -0.126. The van der Waals surface area contributed by atoms with Gasteiger partial charge in [0.1, 0.15) is 17.3 Å². The molecule has 1 unspecified atom stereocenters. The van der Waals surface area contributed by atoms with Gasteiger partial charge in [0, 0.05) is 18.7 Å². The van der Waals surface area contributed by atoms with E-state index in [1.54, 1.807) is 39.1 Å². The van der Waals surface area contributed by atoms with E-state index < -0.39 is 27.8 Å². The van der Waals surface area contributed by atoms with Crippen LogP contribution >= 0.6 is 0 Å². The summed E-state index contributed by atoms with van der Waals surface area (Å²) in [6.45, 7) is 11.1. The number of benzene rings is 1. The number of primary sulfonamides is 1. The number of carbonyl (C=O) groups is 2. The second-order valence-electron chi connectivity index (χ2n) is 9.79. The zero-order valence-corrected chi connectivity index (χ0v) is 23.3. The zero-order chi connectivity index (χ0) is 28.3. The van der Waals surface area contributed by atoms with Gasteiger partial charge in [-0.05, 0) is 38.8 Å². The summed E-state index contributed by atoms with van der Waals surface area (Å²) in [5, 5.41) is 18.8. The van der Waals surface area contributed by atoms with Crippen molar-refractivity contribution in [3.8, 4) is 11.3 Å². The van der Waals surface area contributed by atoms with E-state index in [9.17, 15) is 18.0 Å². The highest BCUT2D eigenvalue weighted by molar-refractivity contribution is 7.89. The molecule has 0 fully saturated rings. The summed E-state index contributed by atoms with van der Waals surface area (Å²) < 4.78 is 40.4. The van der Waals surface area contributed by atoms with Crippen LogP contribution in [0.3, 0.4) is 0 Å². The molecule has 0 aliphatic heterocycles. The van der Waals surface area contributed by atoms with Crippen LogP contribution in [0.25, 0.3) is 11.3 Å². The van der Waals surface area contributed by atoms with Crippen molar-refractivity contribution in [1.82, 2.24) is 25.6 Å². The first-order chi connectivity index (χ1) is 17.8. The molecule has 14 heteroatoms. The fourth-order valence-corrected chi connectivity index (χ4v) is 3.82. The third kappa shape index (κ3) is 10.7. The van der Waals surface area contributed by atoms with Gasteiger partial charge in [0.25, 0.3) is 0 Å². The Morgan fingerprint density at radius 3 is 2.11 bits per heavy atom. The highest BCUT2D eigenvalue weighted by Crippen LogP contribution is 2.22. The van der Waals surface area contributed by atoms with E-state index in [4.69, 9.17) is 19.3 Å². The average molecular weight is 555 g/mol. The molecule has 38 heavy (non-hydrogen) atoms. The van der Waals surface area contributed by atoms with Gasteiger partial charge in [0.05, 0.1) is 37.5 Å². The fraction of sp³-hybridized carbons (Fsp3) is 0.583. The molecule has 0 aliphatic carbocycles. The number of sulfonamides is 1. The number of nitrogens with zero attached hydrogens (tertiary/aromatic N) is 3. The Labute approximate surface area is 223 Å². The maximum atomic E-state index is 12.8. The van der Waals surface area contributed by atoms with E-state index in [1.165, 1.54) is 16.8 Å². The highest BCUT2D eigenvalue weighted by atomic mass is 32.2. The molecule has 4 N–H and O–H groups in total. The number of rotatable bonds is 14. The Bertz CT molecular complexity index is 1140. The molecule has 0 spiro atoms. The molecule has 2 aromatic rings. The summed E-state index contributed by atoms with van der Waals surface area (Å²) in [6.07, 6.45) is 1.15. The number of amides is 2. The molecule has 1 heterocycles. The monoisotopic (exact) mass is 554 g/mol. The van der Waals surface area contributed by atoms with E-state index in [1.807, 2.05) is 13.8 Å². The van der Waals surface area contributed by atoms with Gasteiger partial charge in [0.2, 0.25) is 15.9 Å². The molecule has 13 nitrogen and oxygen atoms in total. The van der Waals surface area contributed by atoms with Crippen molar-refractivity contribution < 1.29 is 32.2 Å². The summed E-state index contributed by atoms with van der Waals surface area (Å²) in [6, 6.07) is 5.35. The first-order valence-electron chi connectivity index (χ1n) is 12.2. The predicted molar refractivity (Wildman–Crippen MR) is 140 cm³/mol. The topological polar surface area (TPSA) is 177 Å². The van der Waals surface area contributed by atoms with Crippen LogP contribution in [0.15, 0.2) is 35.4 Å². The normalized spacial score (nSPS) is 12.8. The lowest BCUT2D eigenvalue weighted by Gasteiger charge is -2.20. The van der Waals surface area contributed by atoms with Crippen LogP contribution in [0.5, 0.6) is 0 Å². The molecule has 2 amide bonds. The Morgan fingerprint density at radius 2 is 1.58 bits per heavy atom. The third-order valence-electron chi connectivity index (χ3n) is 5.01. The number of hydrogen-bond donors (Lipinski definition) is 3. The highest BCUT2D eigenvalue weighted by Gasteiger charge is 2.25. The minimum Gasteiger partial charge on any atom is -0.444 e. The number of aromatic nitrogens is 3. The van der Waals surface area contributed by atoms with Crippen molar-refractivity contribution in [2.45, 2.75) is 51.2 Å². The van der Waals surface area contributed by atoms with Crippen LogP contribution in [0.1, 0.15) is 40.7 Å². The van der Waals surface area contributed by atoms with Gasteiger partial charge in [0.15, 0.2) is 0 Å². The van der Waals surface area contributed by atoms with Gasteiger partial charge in [-0.2, -0.15) is 0 Å². The van der Waals surface area contributed by atoms with Gasteiger partial charge in [-0.1, -0.05) is 31.2 Å². The maximum absolute atomic E-state index is 12.8. The fourth-order valence-electron chi connectivity index (χ4n) is 3.30. The second-order valence-corrected chi connectivity index (χ2v) is 11.3. The van der Waals surface area contributed by atoms with Crippen LogP contribution in [-0.2, 0) is 29.0 Å². The molecule has 212 valence electrons. The molecular formula is C24H38N6O7S. The standard InChI is InChI=1S/C24H38N6O7S/c1-17(2)21(30-16-20(28-29-30)18-6-8-19(9-7-18)38(25,33)34)22(31)26-10-12-35-14-15-36-13-11-27-23(32)37-24(3,4)5/h6-9,16-17,21H,10-15H2,1-5H3,(H,26,31)(H,27,32)(H2,25,33,34). The van der Waals surface area contributed by atoms with Crippen molar-refractivity contribution in [3.63, 3.8) is 0 Å². The largest absolute Gasteiger partial charge is 0.444 e. The van der Waals surface area contributed by atoms with E-state index in [0.29, 0.717) is 50.8 Å². The van der Waals surface area contributed by atoms with Crippen LogP contribution in [0, 0.1) is 5.92 Å². The van der Waals surface area contributed by atoms with Crippen molar-refractivity contribution in [2.75, 3.05) is 39.5 Å². The molecule has 0 saturated heterocycles. The third-order valence-corrected chi connectivity index (χ3v) is 5.94. The van der Waals surface area contributed by atoms with Crippen LogP contribution in [-0.4, -0.2) is 80.5 Å². The molecule has 1 aromatic heterocycles. The number of alkyl carbamates (subject to hydrolysis) is 1. The quantitative estimate of drug-likeness (QED) is 0.292. The number of carbonyl (C=O) groups excluding carboxylic acids is 2.